The summed E-state index contributed by atoms with van der Waals surface area (Å²) in [6.07, 6.45) is 7.31. The van der Waals surface area contributed by atoms with Crippen molar-refractivity contribution in [3.63, 3.8) is 0 Å². The molecule has 2 aromatic rings. The van der Waals surface area contributed by atoms with Crippen molar-refractivity contribution in [3.05, 3.63) is 60.7 Å². The van der Waals surface area contributed by atoms with Crippen LogP contribution in [0.2, 0.25) is 0 Å². The van der Waals surface area contributed by atoms with E-state index >= 15 is 0 Å². The van der Waals surface area contributed by atoms with Crippen molar-refractivity contribution >= 4 is 18.5 Å². The molecular weight excluding hydrogens is 375 g/mol. The van der Waals surface area contributed by atoms with Crippen molar-refractivity contribution < 1.29 is 9.47 Å². The van der Waals surface area contributed by atoms with E-state index in [1.807, 2.05) is 0 Å². The molecule has 0 bridgehead atoms. The van der Waals surface area contributed by atoms with Gasteiger partial charge in [0.2, 0.25) is 0 Å². The first-order valence-corrected chi connectivity index (χ1v) is 12.7. The molecule has 2 aliphatic rings. The first-order valence-electron chi connectivity index (χ1n) is 11.3. The third-order valence-corrected chi connectivity index (χ3v) is 9.77. The van der Waals surface area contributed by atoms with E-state index < -0.39 is 0 Å². The van der Waals surface area contributed by atoms with Crippen molar-refractivity contribution in [3.8, 4) is 0 Å². The molecule has 1 aliphatic carbocycles. The largest absolute Gasteiger partial charge is 0.353 e. The van der Waals surface area contributed by atoms with E-state index in [0.29, 0.717) is 5.41 Å². The van der Waals surface area contributed by atoms with Crippen LogP contribution in [0.5, 0.6) is 0 Å². The van der Waals surface area contributed by atoms with Crippen LogP contribution in [0.3, 0.4) is 0 Å². The molecule has 4 rings (SSSR count). The fourth-order valence-electron chi connectivity index (χ4n) is 5.05. The van der Waals surface area contributed by atoms with Gasteiger partial charge >= 0.3 is 0 Å². The lowest BCUT2D eigenvalue weighted by Gasteiger charge is -2.35. The topological polar surface area (TPSA) is 18.5 Å². The molecule has 2 atom stereocenters. The fraction of sp³-hybridized carbons (Fsp3) is 0.538. The summed E-state index contributed by atoms with van der Waals surface area (Å²) in [6, 6.07) is 22.5. The molecule has 1 saturated heterocycles. The third kappa shape index (κ3) is 5.29. The standard InChI is InChI=1S/C26H35O2P/c1-26(2,17-16-25-27-18-9-19-28-25)21-14-15-24(20-21)29(22-10-5-3-6-11-22)23-12-7-4-8-13-23/h3-8,10-13,21,24-25H,9,14-20H2,1-2H3. The SMILES string of the molecule is CC(C)(CCC1OCCCO1)C1CCC(P(c2ccccc2)c2ccccc2)C1. The number of benzene rings is 2. The lowest BCUT2D eigenvalue weighted by Crippen LogP contribution is -2.29. The second-order valence-corrected chi connectivity index (χ2v) is 11.8. The van der Waals surface area contributed by atoms with Gasteiger partial charge < -0.3 is 9.47 Å². The van der Waals surface area contributed by atoms with Crippen LogP contribution in [-0.4, -0.2) is 25.2 Å². The zero-order chi connectivity index (χ0) is 20.1. The Hall–Kier alpha value is -1.21. The smallest absolute Gasteiger partial charge is 0.157 e. The monoisotopic (exact) mass is 410 g/mol. The first kappa shape index (κ1) is 21.0. The molecule has 0 amide bonds. The van der Waals surface area contributed by atoms with Crippen LogP contribution >= 0.6 is 7.92 Å². The van der Waals surface area contributed by atoms with Gasteiger partial charge in [-0.05, 0) is 74.0 Å². The molecule has 1 heterocycles. The van der Waals surface area contributed by atoms with Gasteiger partial charge in [0, 0.05) is 0 Å². The van der Waals surface area contributed by atoms with Crippen molar-refractivity contribution in [2.75, 3.05) is 13.2 Å². The number of ether oxygens (including phenoxy) is 2. The van der Waals surface area contributed by atoms with Crippen molar-refractivity contribution in [2.45, 2.75) is 64.3 Å². The molecule has 2 fully saturated rings. The molecule has 1 saturated carbocycles. The Morgan fingerprint density at radius 3 is 2.03 bits per heavy atom. The molecule has 2 nitrogen and oxygen atoms in total. The second kappa shape index (κ2) is 9.73. The summed E-state index contributed by atoms with van der Waals surface area (Å²) in [4.78, 5) is 0. The molecule has 0 spiro atoms. The molecule has 1 aliphatic heterocycles. The maximum atomic E-state index is 5.79. The average molecular weight is 411 g/mol. The van der Waals surface area contributed by atoms with Gasteiger partial charge in [0.1, 0.15) is 0 Å². The minimum absolute atomic E-state index is 0.0194. The van der Waals surface area contributed by atoms with Gasteiger partial charge in [-0.1, -0.05) is 74.5 Å². The van der Waals surface area contributed by atoms with Gasteiger partial charge in [0.25, 0.3) is 0 Å². The molecule has 29 heavy (non-hydrogen) atoms. The molecule has 2 unspecified atom stereocenters. The molecule has 3 heteroatoms. The van der Waals surface area contributed by atoms with Gasteiger partial charge in [0.15, 0.2) is 6.29 Å². The van der Waals surface area contributed by atoms with E-state index in [9.17, 15) is 0 Å². The van der Waals surface area contributed by atoms with Crippen molar-refractivity contribution in [1.82, 2.24) is 0 Å². The van der Waals surface area contributed by atoms with E-state index in [1.165, 1.54) is 36.3 Å². The maximum absolute atomic E-state index is 5.79. The van der Waals surface area contributed by atoms with Gasteiger partial charge in [-0.25, -0.2) is 0 Å². The van der Waals surface area contributed by atoms with Crippen LogP contribution in [-0.2, 0) is 9.47 Å². The van der Waals surface area contributed by atoms with E-state index in [4.69, 9.17) is 9.47 Å². The predicted molar refractivity (Wildman–Crippen MR) is 124 cm³/mol. The summed E-state index contributed by atoms with van der Waals surface area (Å²) in [5.74, 6) is 0.786. The minimum Gasteiger partial charge on any atom is -0.353 e. The van der Waals surface area contributed by atoms with Crippen LogP contribution in [0.1, 0.15) is 52.4 Å². The summed E-state index contributed by atoms with van der Waals surface area (Å²) in [5.41, 5.74) is 1.12. The zero-order valence-electron chi connectivity index (χ0n) is 17.9. The molecule has 0 aromatic heterocycles. The molecule has 156 valence electrons. The number of hydrogen-bond donors (Lipinski definition) is 0. The average Bonchev–Trinajstić information content (AvgIpc) is 3.26. The Morgan fingerprint density at radius 2 is 1.45 bits per heavy atom. The van der Waals surface area contributed by atoms with E-state index in [1.54, 1.807) is 0 Å². The van der Waals surface area contributed by atoms with Crippen LogP contribution in [0.25, 0.3) is 0 Å². The molecule has 2 aromatic carbocycles. The Kier molecular flexibility index (Phi) is 7.06. The predicted octanol–water partition coefficient (Wildman–Crippen LogP) is 5.86. The van der Waals surface area contributed by atoms with Crippen LogP contribution in [0.4, 0.5) is 0 Å². The normalized spacial score (nSPS) is 23.6. The third-order valence-electron chi connectivity index (χ3n) is 6.86. The summed E-state index contributed by atoms with van der Waals surface area (Å²) in [7, 11) is -0.297. The van der Waals surface area contributed by atoms with Crippen molar-refractivity contribution in [1.29, 1.82) is 0 Å². The van der Waals surface area contributed by atoms with Crippen LogP contribution in [0.15, 0.2) is 60.7 Å². The molecule has 0 radical (unpaired) electrons. The number of hydrogen-bond acceptors (Lipinski definition) is 2. The lowest BCUT2D eigenvalue weighted by molar-refractivity contribution is -0.184. The second-order valence-electron chi connectivity index (χ2n) is 9.26. The highest BCUT2D eigenvalue weighted by Gasteiger charge is 2.39. The highest BCUT2D eigenvalue weighted by Crippen LogP contribution is 2.53. The van der Waals surface area contributed by atoms with Gasteiger partial charge in [-0.15, -0.1) is 0 Å². The maximum Gasteiger partial charge on any atom is 0.157 e. The van der Waals surface area contributed by atoms with E-state index in [-0.39, 0.29) is 14.2 Å². The lowest BCUT2D eigenvalue weighted by atomic mass is 9.74. The quantitative estimate of drug-likeness (QED) is 0.533. The highest BCUT2D eigenvalue weighted by molar-refractivity contribution is 7.73. The Labute approximate surface area is 177 Å². The summed E-state index contributed by atoms with van der Waals surface area (Å²) in [6.45, 7) is 6.65. The zero-order valence-corrected chi connectivity index (χ0v) is 18.8. The molecular formula is C26H35O2P. The van der Waals surface area contributed by atoms with Gasteiger partial charge in [-0.3, -0.25) is 0 Å². The van der Waals surface area contributed by atoms with Gasteiger partial charge in [-0.2, -0.15) is 0 Å². The van der Waals surface area contributed by atoms with Gasteiger partial charge in [0.05, 0.1) is 13.2 Å². The Bertz CT molecular complexity index is 700. The first-order chi connectivity index (χ1) is 14.1. The highest BCUT2D eigenvalue weighted by atomic mass is 31.1. The number of rotatable bonds is 7. The van der Waals surface area contributed by atoms with Crippen LogP contribution < -0.4 is 10.6 Å². The molecule has 0 N–H and O–H groups in total. The minimum atomic E-state index is -0.297. The Balaban J connectivity index is 1.44. The van der Waals surface area contributed by atoms with Crippen LogP contribution in [0, 0.1) is 11.3 Å². The Morgan fingerprint density at radius 1 is 0.862 bits per heavy atom. The van der Waals surface area contributed by atoms with E-state index in [0.717, 1.165) is 37.6 Å². The fourth-order valence-corrected chi connectivity index (χ4v) is 8.05. The summed E-state index contributed by atoms with van der Waals surface area (Å²) >= 11 is 0. The van der Waals surface area contributed by atoms with Crippen molar-refractivity contribution in [2.24, 2.45) is 11.3 Å². The summed E-state index contributed by atoms with van der Waals surface area (Å²) < 4.78 is 11.6. The van der Waals surface area contributed by atoms with E-state index in [2.05, 4.69) is 74.5 Å². The summed E-state index contributed by atoms with van der Waals surface area (Å²) in [5, 5.41) is 3.06.